The van der Waals surface area contributed by atoms with Gasteiger partial charge in [0.2, 0.25) is 11.5 Å². The number of benzene rings is 3. The molecule has 0 fully saturated rings. The fourth-order valence-electron chi connectivity index (χ4n) is 2.65. The van der Waals surface area contributed by atoms with Gasteiger partial charge in [0, 0.05) is 31.8 Å². The third-order valence-electron chi connectivity index (χ3n) is 3.98. The molecule has 1 aliphatic heterocycles. The minimum atomic E-state index is 0. The number of azo groups is 2. The lowest BCUT2D eigenvalue weighted by Gasteiger charge is -2.20. The second-order valence-corrected chi connectivity index (χ2v) is 7.61. The van der Waals surface area contributed by atoms with Crippen LogP contribution in [0.1, 0.15) is 5.56 Å². The van der Waals surface area contributed by atoms with Crippen molar-refractivity contribution in [2.75, 3.05) is 11.7 Å². The number of amidine groups is 1. The standard InChI is InChI=1S/C20H15Br2N4.BrH/c21-16-6-10-18(11-7-16)25-14-26(19-12-8-17(22)9-13-19)24-20(23-25)15-4-2-1-3-5-15;/h1-13H,14H2;1H/q+1;/p-1. The SMILES string of the molecule is Brc1ccc(N2C[N+](c3ccc(Br)cc3)=NC(c3ccccc3)=N2)cc1.[Br-]. The normalized spacial score (nSPS) is 13.5. The van der Waals surface area contributed by atoms with Crippen molar-refractivity contribution in [1.29, 1.82) is 0 Å². The molecule has 0 saturated heterocycles. The van der Waals surface area contributed by atoms with E-state index in [9.17, 15) is 0 Å². The fourth-order valence-corrected chi connectivity index (χ4v) is 3.18. The highest BCUT2D eigenvalue weighted by Gasteiger charge is 2.25. The highest BCUT2D eigenvalue weighted by Crippen LogP contribution is 2.25. The van der Waals surface area contributed by atoms with E-state index < -0.39 is 0 Å². The van der Waals surface area contributed by atoms with Gasteiger partial charge in [-0.05, 0) is 36.4 Å². The van der Waals surface area contributed by atoms with Crippen LogP contribution >= 0.6 is 31.9 Å². The van der Waals surface area contributed by atoms with Gasteiger partial charge in [0.05, 0.1) is 5.69 Å². The van der Waals surface area contributed by atoms with Crippen molar-refractivity contribution in [3.8, 4) is 0 Å². The third-order valence-corrected chi connectivity index (χ3v) is 5.04. The van der Waals surface area contributed by atoms with Crippen molar-refractivity contribution in [3.63, 3.8) is 0 Å². The van der Waals surface area contributed by atoms with Gasteiger partial charge in [0.15, 0.2) is 0 Å². The lowest BCUT2D eigenvalue weighted by atomic mass is 10.2. The van der Waals surface area contributed by atoms with Crippen LogP contribution in [0.2, 0.25) is 0 Å². The molecule has 0 N–H and O–H groups in total. The minimum absolute atomic E-state index is 0. The molecule has 3 aromatic rings. The van der Waals surface area contributed by atoms with E-state index in [0.717, 1.165) is 25.9 Å². The second kappa shape index (κ2) is 8.91. The zero-order chi connectivity index (χ0) is 17.9. The third kappa shape index (κ3) is 4.72. The van der Waals surface area contributed by atoms with Crippen LogP contribution in [0.15, 0.2) is 98.0 Å². The Bertz CT molecular complexity index is 968. The number of anilines is 1. The van der Waals surface area contributed by atoms with Gasteiger partial charge in [-0.1, -0.05) is 66.9 Å². The molecule has 0 aliphatic carbocycles. The monoisotopic (exact) mass is 548 g/mol. The van der Waals surface area contributed by atoms with Gasteiger partial charge in [-0.25, -0.2) is 5.01 Å². The summed E-state index contributed by atoms with van der Waals surface area (Å²) in [5.41, 5.74) is 3.01. The Labute approximate surface area is 185 Å². The minimum Gasteiger partial charge on any atom is -1.00 e. The van der Waals surface area contributed by atoms with Crippen LogP contribution < -0.4 is 22.0 Å². The highest BCUT2D eigenvalue weighted by atomic mass is 79.9. The molecule has 136 valence electrons. The van der Waals surface area contributed by atoms with Crippen LogP contribution in [0.5, 0.6) is 0 Å². The van der Waals surface area contributed by atoms with Crippen molar-refractivity contribution < 1.29 is 21.7 Å². The molecule has 0 bridgehead atoms. The number of hydrazone groups is 1. The average Bonchev–Trinajstić information content (AvgIpc) is 2.69. The van der Waals surface area contributed by atoms with E-state index in [2.05, 4.69) is 31.9 Å². The number of hydrogen-bond donors (Lipinski definition) is 0. The molecule has 1 heterocycles. The van der Waals surface area contributed by atoms with Crippen molar-refractivity contribution >= 4 is 49.1 Å². The zero-order valence-electron chi connectivity index (χ0n) is 14.1. The molecule has 0 spiro atoms. The molecule has 0 aromatic heterocycles. The Hall–Kier alpha value is -1.83. The van der Waals surface area contributed by atoms with E-state index in [1.807, 2.05) is 88.6 Å². The van der Waals surface area contributed by atoms with E-state index >= 15 is 0 Å². The van der Waals surface area contributed by atoms with Gasteiger partial charge in [0.1, 0.15) is 0 Å². The topological polar surface area (TPSA) is 31.0 Å². The first-order chi connectivity index (χ1) is 12.7. The molecule has 1 aliphatic rings. The zero-order valence-corrected chi connectivity index (χ0v) is 18.9. The summed E-state index contributed by atoms with van der Waals surface area (Å²) in [7, 11) is 0. The van der Waals surface area contributed by atoms with Crippen LogP contribution in [0.25, 0.3) is 0 Å². The van der Waals surface area contributed by atoms with Gasteiger partial charge in [-0.3, -0.25) is 0 Å². The summed E-state index contributed by atoms with van der Waals surface area (Å²) in [6.45, 7) is 0.541. The Morgan fingerprint density at radius 3 is 2.00 bits per heavy atom. The van der Waals surface area contributed by atoms with Crippen molar-refractivity contribution in [2.24, 2.45) is 10.2 Å². The molecule has 27 heavy (non-hydrogen) atoms. The lowest BCUT2D eigenvalue weighted by Crippen LogP contribution is -3.00. The molecule has 0 radical (unpaired) electrons. The number of hydrogen-bond acceptors (Lipinski definition) is 3. The van der Waals surface area contributed by atoms with Crippen LogP contribution in [0.3, 0.4) is 0 Å². The van der Waals surface area contributed by atoms with Gasteiger partial charge in [-0.15, -0.1) is 5.10 Å². The number of halogens is 3. The number of rotatable bonds is 3. The summed E-state index contributed by atoms with van der Waals surface area (Å²) >= 11 is 6.97. The lowest BCUT2D eigenvalue weighted by molar-refractivity contribution is -0.508. The van der Waals surface area contributed by atoms with E-state index in [0.29, 0.717) is 12.5 Å². The molecule has 0 saturated carbocycles. The Balaban J connectivity index is 0.00000210. The first-order valence-electron chi connectivity index (χ1n) is 8.11. The predicted molar refractivity (Wildman–Crippen MR) is 111 cm³/mol. The van der Waals surface area contributed by atoms with Gasteiger partial charge in [0.25, 0.3) is 6.67 Å². The Kier molecular flexibility index (Phi) is 6.57. The van der Waals surface area contributed by atoms with Gasteiger partial charge in [-0.2, -0.15) is 0 Å². The molecule has 0 amide bonds. The van der Waals surface area contributed by atoms with Crippen LogP contribution in [-0.2, 0) is 0 Å². The van der Waals surface area contributed by atoms with Gasteiger partial charge >= 0.3 is 0 Å². The molecular formula is C20H15Br3N4. The molecule has 0 unspecified atom stereocenters. The van der Waals surface area contributed by atoms with E-state index in [4.69, 9.17) is 10.2 Å². The summed E-state index contributed by atoms with van der Waals surface area (Å²) in [6, 6.07) is 26.3. The summed E-state index contributed by atoms with van der Waals surface area (Å²) < 4.78 is 4.05. The number of nitrogens with zero attached hydrogens (tertiary/aromatic N) is 4. The first-order valence-corrected chi connectivity index (χ1v) is 9.69. The van der Waals surface area contributed by atoms with E-state index in [1.54, 1.807) is 0 Å². The van der Waals surface area contributed by atoms with E-state index in [-0.39, 0.29) is 17.0 Å². The summed E-state index contributed by atoms with van der Waals surface area (Å²) in [5.74, 6) is 0.683. The predicted octanol–water partition coefficient (Wildman–Crippen LogP) is 3.15. The summed E-state index contributed by atoms with van der Waals surface area (Å²) in [5, 5.41) is 11.5. The molecule has 7 heteroatoms. The maximum atomic E-state index is 4.76. The molecule has 4 rings (SSSR count). The smallest absolute Gasteiger partial charge is 0.269 e. The maximum Gasteiger partial charge on any atom is 0.269 e. The highest BCUT2D eigenvalue weighted by molar-refractivity contribution is 9.10. The molecule has 3 aromatic carbocycles. The summed E-state index contributed by atoms with van der Waals surface area (Å²) in [6.07, 6.45) is 0. The molecular weight excluding hydrogens is 536 g/mol. The van der Waals surface area contributed by atoms with Crippen LogP contribution in [-0.4, -0.2) is 17.2 Å². The van der Waals surface area contributed by atoms with E-state index in [1.165, 1.54) is 0 Å². The van der Waals surface area contributed by atoms with Crippen LogP contribution in [0, 0.1) is 0 Å². The first kappa shape index (κ1) is 19.9. The molecule has 0 atom stereocenters. The Morgan fingerprint density at radius 2 is 1.37 bits per heavy atom. The van der Waals surface area contributed by atoms with Crippen molar-refractivity contribution in [2.45, 2.75) is 0 Å². The molecule has 4 nitrogen and oxygen atoms in total. The van der Waals surface area contributed by atoms with Crippen molar-refractivity contribution in [1.82, 2.24) is 0 Å². The quantitative estimate of drug-likeness (QED) is 0.461. The van der Waals surface area contributed by atoms with Crippen molar-refractivity contribution in [3.05, 3.63) is 93.4 Å². The van der Waals surface area contributed by atoms with Gasteiger partial charge < -0.3 is 17.0 Å². The Morgan fingerprint density at radius 1 is 0.778 bits per heavy atom. The second-order valence-electron chi connectivity index (χ2n) is 5.78. The maximum absolute atomic E-state index is 4.76. The largest absolute Gasteiger partial charge is 1.00 e. The summed E-state index contributed by atoms with van der Waals surface area (Å²) in [4.78, 5) is 0. The average molecular weight is 551 g/mol. The van der Waals surface area contributed by atoms with Crippen LogP contribution in [0.4, 0.5) is 11.4 Å². The fraction of sp³-hybridized carbons (Fsp3) is 0.0500.